The van der Waals surface area contributed by atoms with E-state index in [-0.39, 0.29) is 40.5 Å². The van der Waals surface area contributed by atoms with E-state index in [0.717, 1.165) is 27.7 Å². The van der Waals surface area contributed by atoms with E-state index >= 15 is 0 Å². The van der Waals surface area contributed by atoms with Crippen LogP contribution in [0.15, 0.2) is 65.4 Å². The lowest BCUT2D eigenvalue weighted by Crippen LogP contribution is -2.65. The number of anilines is 2. The number of aromatic nitrogens is 2. The molecule has 4 aromatic rings. The molecule has 2 aromatic heterocycles. The maximum absolute atomic E-state index is 13.0. The molecule has 216 valence electrons. The van der Waals surface area contributed by atoms with Gasteiger partial charge in [-0.15, -0.1) is 11.3 Å². The number of phenolic OH excluding ortho intramolecular Hbond substituents is 2. The average Bonchev–Trinajstić information content (AvgIpc) is 3.37. The fourth-order valence-electron chi connectivity index (χ4n) is 4.15. The number of fused-ring (bicyclic) bond motifs is 1. The summed E-state index contributed by atoms with van der Waals surface area (Å²) in [7, 11) is 0. The van der Waals surface area contributed by atoms with E-state index in [1.807, 2.05) is 47.3 Å². The first kappa shape index (κ1) is 28.3. The molecule has 13 nitrogen and oxygen atoms in total. The van der Waals surface area contributed by atoms with Crippen LogP contribution in [-0.4, -0.2) is 62.0 Å². The number of aromatic hydroxyl groups is 2. The normalized spacial score (nSPS) is 15.4. The molecule has 1 saturated heterocycles. The molecule has 1 aliphatic rings. The number of pyridine rings is 1. The zero-order chi connectivity index (χ0) is 30.2. The van der Waals surface area contributed by atoms with E-state index in [1.54, 1.807) is 0 Å². The number of hydrogen-bond donors (Lipinski definition) is 5. The van der Waals surface area contributed by atoms with Gasteiger partial charge in [0.15, 0.2) is 41.3 Å². The predicted molar refractivity (Wildman–Crippen MR) is 153 cm³/mol. The number of β-lactam (4-membered cyclic amide) rings is 1. The van der Waals surface area contributed by atoms with Crippen LogP contribution >= 0.6 is 11.3 Å². The third-order valence-corrected chi connectivity index (χ3v) is 7.31. The molecule has 2 amide bonds. The monoisotopic (exact) mass is 591 g/mol. The van der Waals surface area contributed by atoms with Crippen LogP contribution in [0.5, 0.6) is 11.5 Å². The Balaban J connectivity index is 1.23. The zero-order valence-corrected chi connectivity index (χ0v) is 23.3. The van der Waals surface area contributed by atoms with Gasteiger partial charge in [0.05, 0.1) is 6.54 Å². The van der Waals surface area contributed by atoms with Crippen LogP contribution in [0.2, 0.25) is 0 Å². The number of carbonyl (C=O) groups excluding carboxylic acids is 2. The Kier molecular flexibility index (Phi) is 7.39. The van der Waals surface area contributed by atoms with Crippen molar-refractivity contribution in [2.45, 2.75) is 32.0 Å². The number of phenols is 2. The first-order valence-electron chi connectivity index (χ1n) is 12.7. The Morgan fingerprint density at radius 3 is 2.50 bits per heavy atom. The Hall–Kier alpha value is -5.24. The molecule has 5 rings (SSSR count). The highest BCUT2D eigenvalue weighted by molar-refractivity contribution is 7.13. The van der Waals surface area contributed by atoms with Crippen LogP contribution in [0.3, 0.4) is 0 Å². The number of nitrogens with zero attached hydrogens (tertiary/aromatic N) is 4. The van der Waals surface area contributed by atoms with Gasteiger partial charge in [0, 0.05) is 28.1 Å². The second-order valence-corrected chi connectivity index (χ2v) is 11.0. The highest BCUT2D eigenvalue weighted by atomic mass is 32.1. The Labute approximate surface area is 243 Å². The molecule has 14 heteroatoms. The van der Waals surface area contributed by atoms with Crippen LogP contribution in [0.1, 0.15) is 25.1 Å². The molecular weight excluding hydrogens is 564 g/mol. The molecule has 0 unspecified atom stereocenters. The van der Waals surface area contributed by atoms with Gasteiger partial charge >= 0.3 is 5.97 Å². The fraction of sp³-hybridized carbons (Fsp3) is 0.214. The number of rotatable bonds is 9. The van der Waals surface area contributed by atoms with Crippen LogP contribution in [0.25, 0.3) is 10.8 Å². The number of thiazole rings is 1. The fourth-order valence-corrected chi connectivity index (χ4v) is 4.69. The van der Waals surface area contributed by atoms with Gasteiger partial charge in [-0.25, -0.2) is 14.3 Å². The van der Waals surface area contributed by atoms with Crippen molar-refractivity contribution in [2.75, 3.05) is 17.2 Å². The van der Waals surface area contributed by atoms with Gasteiger partial charge in [0.1, 0.15) is 11.7 Å². The Bertz CT molecular complexity index is 1730. The van der Waals surface area contributed by atoms with E-state index in [4.69, 9.17) is 10.6 Å². The number of nitrogens with two attached hydrogens (primary N) is 1. The summed E-state index contributed by atoms with van der Waals surface area (Å²) < 4.78 is 1.94. The SMILES string of the molecule is CC(C)(O/N=C(\C(=O)N[C@H]1CN(c2ccc(C[n+]3ccc4cc(O)c(O)cc4c3)cc2)C1=O)c1csc(N)n1)C(=O)O. The van der Waals surface area contributed by atoms with Gasteiger partial charge in [-0.1, -0.05) is 17.3 Å². The van der Waals surface area contributed by atoms with Gasteiger partial charge in [-0.05, 0) is 43.5 Å². The van der Waals surface area contributed by atoms with Gasteiger partial charge in [0.25, 0.3) is 11.8 Å². The summed E-state index contributed by atoms with van der Waals surface area (Å²) in [4.78, 5) is 48.0. The van der Waals surface area contributed by atoms with E-state index in [2.05, 4.69) is 15.5 Å². The molecule has 1 fully saturated rings. The minimum Gasteiger partial charge on any atom is -0.504 e. The Morgan fingerprint density at radius 2 is 1.88 bits per heavy atom. The zero-order valence-electron chi connectivity index (χ0n) is 22.5. The summed E-state index contributed by atoms with van der Waals surface area (Å²) in [5, 5.41) is 38.3. The number of benzene rings is 2. The number of carbonyl (C=O) groups is 3. The number of amides is 2. The van der Waals surface area contributed by atoms with Crippen molar-refractivity contribution < 1.29 is 39.1 Å². The lowest BCUT2D eigenvalue weighted by atomic mass is 10.0. The predicted octanol–water partition coefficient (Wildman–Crippen LogP) is 1.74. The first-order valence-corrected chi connectivity index (χ1v) is 13.6. The van der Waals surface area contributed by atoms with Gasteiger partial charge in [-0.3, -0.25) is 9.59 Å². The average molecular weight is 592 g/mol. The van der Waals surface area contributed by atoms with Crippen molar-refractivity contribution in [1.82, 2.24) is 10.3 Å². The Morgan fingerprint density at radius 1 is 1.19 bits per heavy atom. The third-order valence-electron chi connectivity index (χ3n) is 6.64. The standard InChI is InChI=1S/C28H26N6O7S/c1-28(2,26(39)40)41-32-23(20-14-42-27(29)31-20)24(37)30-19-13-34(25(19)38)18-5-3-15(4-6-18)11-33-8-7-16-9-21(35)22(36)10-17(16)12-33/h3-10,12,14,19H,11,13H2,1-2H3,(H5,29,30,31,36,37,39,40)/p+1/b32-23-/t19-/m0/s1. The summed E-state index contributed by atoms with van der Waals surface area (Å²) in [5.74, 6) is -2.73. The highest BCUT2D eigenvalue weighted by Gasteiger charge is 2.40. The van der Waals surface area contributed by atoms with Gasteiger partial charge < -0.3 is 36.1 Å². The molecule has 3 heterocycles. The molecule has 42 heavy (non-hydrogen) atoms. The molecule has 0 radical (unpaired) electrons. The van der Waals surface area contributed by atoms with E-state index < -0.39 is 23.5 Å². The topological polar surface area (TPSA) is 192 Å². The molecule has 1 atom stereocenters. The number of hydrogen-bond acceptors (Lipinski definition) is 10. The number of carboxylic acid groups (broad SMARTS) is 1. The van der Waals surface area contributed by atoms with E-state index in [0.29, 0.717) is 12.2 Å². The van der Waals surface area contributed by atoms with Gasteiger partial charge in [-0.2, -0.15) is 0 Å². The second-order valence-electron chi connectivity index (χ2n) is 10.1. The van der Waals surface area contributed by atoms with Crippen LogP contribution in [-0.2, 0) is 25.8 Å². The largest absolute Gasteiger partial charge is 0.504 e. The number of aliphatic carboxylic acids is 1. The summed E-state index contributed by atoms with van der Waals surface area (Å²) in [5.41, 5.74) is 5.40. The number of oxime groups is 1. The number of nitrogen functional groups attached to an aromatic ring is 1. The van der Waals surface area contributed by atoms with Crippen molar-refractivity contribution in [3.05, 3.63) is 71.5 Å². The molecule has 0 saturated carbocycles. The minimum atomic E-state index is -1.71. The summed E-state index contributed by atoms with van der Waals surface area (Å²) in [6.45, 7) is 3.31. The molecule has 0 spiro atoms. The van der Waals surface area contributed by atoms with Crippen molar-refractivity contribution in [2.24, 2.45) is 5.16 Å². The van der Waals surface area contributed by atoms with E-state index in [9.17, 15) is 29.7 Å². The van der Waals surface area contributed by atoms with Gasteiger partial charge in [0.2, 0.25) is 5.60 Å². The molecule has 0 bridgehead atoms. The third kappa shape index (κ3) is 5.78. The molecule has 2 aromatic carbocycles. The molecule has 0 aliphatic carbocycles. The van der Waals surface area contributed by atoms with Crippen LogP contribution in [0, 0.1) is 0 Å². The molecular formula is C28H27N6O7S+. The summed E-state index contributed by atoms with van der Waals surface area (Å²) in [6.07, 6.45) is 3.73. The second kappa shape index (κ2) is 11.0. The maximum atomic E-state index is 13.0. The summed E-state index contributed by atoms with van der Waals surface area (Å²) >= 11 is 1.07. The van der Waals surface area contributed by atoms with Crippen LogP contribution in [0.4, 0.5) is 10.8 Å². The first-order chi connectivity index (χ1) is 19.9. The lowest BCUT2D eigenvalue weighted by molar-refractivity contribution is -0.687. The number of nitrogens with one attached hydrogen (secondary N) is 1. The summed E-state index contributed by atoms with van der Waals surface area (Å²) in [6, 6.07) is 11.4. The maximum Gasteiger partial charge on any atom is 0.350 e. The van der Waals surface area contributed by atoms with Crippen molar-refractivity contribution in [3.63, 3.8) is 0 Å². The molecule has 1 aliphatic heterocycles. The molecule has 6 N–H and O–H groups in total. The lowest BCUT2D eigenvalue weighted by Gasteiger charge is -2.38. The van der Waals surface area contributed by atoms with Crippen molar-refractivity contribution in [3.8, 4) is 11.5 Å². The highest BCUT2D eigenvalue weighted by Crippen LogP contribution is 2.29. The van der Waals surface area contributed by atoms with Crippen molar-refractivity contribution in [1.29, 1.82) is 0 Å². The van der Waals surface area contributed by atoms with Crippen molar-refractivity contribution >= 4 is 56.4 Å². The minimum absolute atomic E-state index is 0.0923. The quantitative estimate of drug-likeness (QED) is 0.0634. The number of carboxylic acids is 1. The van der Waals surface area contributed by atoms with E-state index in [1.165, 1.54) is 36.3 Å². The smallest absolute Gasteiger partial charge is 0.350 e. The van der Waals surface area contributed by atoms with Crippen LogP contribution < -0.4 is 20.5 Å².